The van der Waals surface area contributed by atoms with E-state index in [9.17, 15) is 9.59 Å². The minimum Gasteiger partial charge on any atom is -0.368 e. The third-order valence-electron chi connectivity index (χ3n) is 4.21. The van der Waals surface area contributed by atoms with Crippen LogP contribution >= 0.6 is 0 Å². The number of nitrogens with zero attached hydrogens (tertiary/aromatic N) is 2. The second-order valence-corrected chi connectivity index (χ2v) is 5.77. The number of hydrogen-bond donors (Lipinski definition) is 2. The highest BCUT2D eigenvalue weighted by Crippen LogP contribution is 2.45. The van der Waals surface area contributed by atoms with E-state index in [-0.39, 0.29) is 11.8 Å². The van der Waals surface area contributed by atoms with Crippen molar-refractivity contribution in [3.05, 3.63) is 0 Å². The summed E-state index contributed by atoms with van der Waals surface area (Å²) in [6.07, 6.45) is 3.70. The Hall–Kier alpha value is -1.46. The van der Waals surface area contributed by atoms with Crippen LogP contribution in [-0.2, 0) is 9.59 Å². The standard InChI is InChI=1S/C12H20N4O2/c1-11(9(13)17,7-3-4-7)15-16-12(2,10(14)18)8-5-6-8/h7-8H,3-6H2,1-2H3,(H2,13,17)(H2,14,18). The monoisotopic (exact) mass is 252 g/mol. The van der Waals surface area contributed by atoms with E-state index in [2.05, 4.69) is 10.2 Å². The van der Waals surface area contributed by atoms with Gasteiger partial charge in [-0.1, -0.05) is 0 Å². The lowest BCUT2D eigenvalue weighted by Crippen LogP contribution is -2.44. The van der Waals surface area contributed by atoms with Gasteiger partial charge in [0.1, 0.15) is 0 Å². The van der Waals surface area contributed by atoms with Gasteiger partial charge in [-0.25, -0.2) is 0 Å². The Morgan fingerprint density at radius 1 is 0.889 bits per heavy atom. The van der Waals surface area contributed by atoms with Gasteiger partial charge in [-0.15, -0.1) is 0 Å². The van der Waals surface area contributed by atoms with Crippen LogP contribution in [0.1, 0.15) is 39.5 Å². The Kier molecular flexibility index (Phi) is 2.91. The normalized spacial score (nSPS) is 26.6. The SMILES string of the molecule is CC(N=NC(C)(C(N)=O)C1CC1)(C(N)=O)C1CC1. The maximum absolute atomic E-state index is 11.5. The van der Waals surface area contributed by atoms with Gasteiger partial charge in [0.2, 0.25) is 11.8 Å². The fourth-order valence-corrected chi connectivity index (χ4v) is 2.16. The Labute approximate surface area is 106 Å². The fourth-order valence-electron chi connectivity index (χ4n) is 2.16. The van der Waals surface area contributed by atoms with Gasteiger partial charge in [0.15, 0.2) is 11.1 Å². The topological polar surface area (TPSA) is 111 Å². The number of primary amides is 2. The summed E-state index contributed by atoms with van der Waals surface area (Å²) in [6, 6.07) is 0. The molecule has 0 aromatic rings. The van der Waals surface area contributed by atoms with Crippen LogP contribution in [0.3, 0.4) is 0 Å². The minimum atomic E-state index is -0.994. The van der Waals surface area contributed by atoms with Gasteiger partial charge < -0.3 is 11.5 Å². The number of carbonyl (C=O) groups excluding carboxylic acids is 2. The van der Waals surface area contributed by atoms with Crippen molar-refractivity contribution in [2.24, 2.45) is 33.5 Å². The lowest BCUT2D eigenvalue weighted by atomic mass is 9.95. The molecule has 2 aliphatic rings. The highest BCUT2D eigenvalue weighted by Gasteiger charge is 2.50. The van der Waals surface area contributed by atoms with Gasteiger partial charge in [0.05, 0.1) is 0 Å². The average Bonchev–Trinajstić information content (AvgIpc) is 3.17. The van der Waals surface area contributed by atoms with E-state index in [1.165, 1.54) is 0 Å². The summed E-state index contributed by atoms with van der Waals surface area (Å²) >= 11 is 0. The first-order chi connectivity index (χ1) is 8.30. The van der Waals surface area contributed by atoms with E-state index < -0.39 is 22.9 Å². The molecule has 0 radical (unpaired) electrons. The molecule has 0 spiro atoms. The summed E-state index contributed by atoms with van der Waals surface area (Å²) in [5.41, 5.74) is 8.81. The Bertz CT molecular complexity index is 376. The second-order valence-electron chi connectivity index (χ2n) is 5.77. The van der Waals surface area contributed by atoms with Crippen LogP contribution in [0.4, 0.5) is 0 Å². The molecule has 2 fully saturated rings. The zero-order valence-electron chi connectivity index (χ0n) is 10.8. The van der Waals surface area contributed by atoms with E-state index in [1.807, 2.05) is 0 Å². The predicted molar refractivity (Wildman–Crippen MR) is 65.5 cm³/mol. The molecule has 2 atom stereocenters. The van der Waals surface area contributed by atoms with Gasteiger partial charge in [-0.2, -0.15) is 10.2 Å². The molecule has 2 rings (SSSR count). The van der Waals surface area contributed by atoms with Gasteiger partial charge in [-0.3, -0.25) is 9.59 Å². The summed E-state index contributed by atoms with van der Waals surface area (Å²) in [5, 5.41) is 8.24. The number of azo groups is 1. The van der Waals surface area contributed by atoms with Crippen molar-refractivity contribution in [2.45, 2.75) is 50.6 Å². The van der Waals surface area contributed by atoms with Crippen molar-refractivity contribution < 1.29 is 9.59 Å². The van der Waals surface area contributed by atoms with Gasteiger partial charge in [-0.05, 0) is 51.4 Å². The smallest absolute Gasteiger partial charge is 0.247 e. The van der Waals surface area contributed by atoms with Crippen molar-refractivity contribution in [1.29, 1.82) is 0 Å². The summed E-state index contributed by atoms with van der Waals surface area (Å²) < 4.78 is 0. The number of carbonyl (C=O) groups is 2. The van der Waals surface area contributed by atoms with Crippen LogP contribution in [0.2, 0.25) is 0 Å². The predicted octanol–water partition coefficient (Wildman–Crippen LogP) is 0.747. The molecular weight excluding hydrogens is 232 g/mol. The molecule has 0 aromatic carbocycles. The molecule has 4 N–H and O–H groups in total. The lowest BCUT2D eigenvalue weighted by Gasteiger charge is -2.24. The van der Waals surface area contributed by atoms with Crippen LogP contribution in [0.5, 0.6) is 0 Å². The molecule has 0 aromatic heterocycles. The molecule has 0 saturated heterocycles. The lowest BCUT2D eigenvalue weighted by molar-refractivity contribution is -0.125. The zero-order chi connectivity index (χ0) is 13.6. The van der Waals surface area contributed by atoms with E-state index >= 15 is 0 Å². The molecule has 6 nitrogen and oxygen atoms in total. The van der Waals surface area contributed by atoms with Crippen molar-refractivity contribution in [1.82, 2.24) is 0 Å². The third kappa shape index (κ3) is 2.11. The molecule has 0 bridgehead atoms. The minimum absolute atomic E-state index is 0.148. The van der Waals surface area contributed by atoms with Gasteiger partial charge in [0.25, 0.3) is 0 Å². The van der Waals surface area contributed by atoms with Gasteiger partial charge >= 0.3 is 0 Å². The number of hydrogen-bond acceptors (Lipinski definition) is 4. The number of nitrogens with two attached hydrogens (primary N) is 2. The molecule has 18 heavy (non-hydrogen) atoms. The number of rotatable bonds is 6. The first kappa shape index (κ1) is 13.0. The summed E-state index contributed by atoms with van der Waals surface area (Å²) in [5.74, 6) is -0.683. The van der Waals surface area contributed by atoms with Crippen LogP contribution < -0.4 is 11.5 Å². The van der Waals surface area contributed by atoms with Crippen molar-refractivity contribution in [3.63, 3.8) is 0 Å². The molecule has 2 unspecified atom stereocenters. The third-order valence-corrected chi connectivity index (χ3v) is 4.21. The molecule has 6 heteroatoms. The van der Waals surface area contributed by atoms with E-state index in [0.29, 0.717) is 0 Å². The molecular formula is C12H20N4O2. The van der Waals surface area contributed by atoms with Crippen LogP contribution in [0.15, 0.2) is 10.2 Å². The maximum Gasteiger partial charge on any atom is 0.247 e. The average molecular weight is 252 g/mol. The maximum atomic E-state index is 11.5. The largest absolute Gasteiger partial charge is 0.368 e. The first-order valence-electron chi connectivity index (χ1n) is 6.34. The highest BCUT2D eigenvalue weighted by atomic mass is 16.2. The van der Waals surface area contributed by atoms with Crippen molar-refractivity contribution >= 4 is 11.8 Å². The van der Waals surface area contributed by atoms with Crippen LogP contribution in [0, 0.1) is 11.8 Å². The summed E-state index contributed by atoms with van der Waals surface area (Å²) in [7, 11) is 0. The van der Waals surface area contributed by atoms with Crippen molar-refractivity contribution in [3.8, 4) is 0 Å². The van der Waals surface area contributed by atoms with E-state index in [1.54, 1.807) is 13.8 Å². The quantitative estimate of drug-likeness (QED) is 0.679. The molecule has 2 aliphatic carbocycles. The van der Waals surface area contributed by atoms with E-state index in [4.69, 9.17) is 11.5 Å². The van der Waals surface area contributed by atoms with Crippen LogP contribution in [-0.4, -0.2) is 22.9 Å². The van der Waals surface area contributed by atoms with E-state index in [0.717, 1.165) is 25.7 Å². The van der Waals surface area contributed by atoms with Gasteiger partial charge in [0, 0.05) is 0 Å². The molecule has 2 saturated carbocycles. The van der Waals surface area contributed by atoms with Crippen molar-refractivity contribution in [2.75, 3.05) is 0 Å². The fraction of sp³-hybridized carbons (Fsp3) is 0.833. The Morgan fingerprint density at radius 2 is 1.17 bits per heavy atom. The first-order valence-corrected chi connectivity index (χ1v) is 6.34. The Morgan fingerprint density at radius 3 is 1.33 bits per heavy atom. The summed E-state index contributed by atoms with van der Waals surface area (Å²) in [4.78, 5) is 23.1. The molecule has 0 aliphatic heterocycles. The molecule has 2 amide bonds. The molecule has 0 heterocycles. The molecule has 100 valence electrons. The Balaban J connectivity index is 2.21. The highest BCUT2D eigenvalue weighted by molar-refractivity contribution is 5.86. The number of amides is 2. The second kappa shape index (κ2) is 4.03. The van der Waals surface area contributed by atoms with Crippen LogP contribution in [0.25, 0.3) is 0 Å². The summed E-state index contributed by atoms with van der Waals surface area (Å²) in [6.45, 7) is 3.37. The zero-order valence-corrected chi connectivity index (χ0v) is 10.8.